The molecular formula is C13H17ClN2O2. The molecule has 0 unspecified atom stereocenters. The van der Waals surface area contributed by atoms with Crippen molar-refractivity contribution in [2.75, 3.05) is 18.8 Å². The molecule has 1 aliphatic heterocycles. The first-order valence-electron chi connectivity index (χ1n) is 5.97. The Kier molecular flexibility index (Phi) is 3.78. The predicted octanol–water partition coefficient (Wildman–Crippen LogP) is 2.17. The van der Waals surface area contributed by atoms with E-state index >= 15 is 0 Å². The van der Waals surface area contributed by atoms with Crippen LogP contribution in [0.2, 0.25) is 5.02 Å². The molecule has 1 fully saturated rings. The quantitative estimate of drug-likeness (QED) is 0.794. The van der Waals surface area contributed by atoms with E-state index in [1.165, 1.54) is 0 Å². The van der Waals surface area contributed by atoms with Gasteiger partial charge in [0.1, 0.15) is 0 Å². The molecule has 2 atom stereocenters. The van der Waals surface area contributed by atoms with Gasteiger partial charge >= 0.3 is 0 Å². The molecule has 4 nitrogen and oxygen atoms in total. The molecule has 1 aromatic rings. The number of benzene rings is 1. The van der Waals surface area contributed by atoms with E-state index < -0.39 is 0 Å². The molecule has 0 bridgehead atoms. The van der Waals surface area contributed by atoms with Crippen LogP contribution >= 0.6 is 11.6 Å². The van der Waals surface area contributed by atoms with Gasteiger partial charge in [-0.25, -0.2) is 0 Å². The zero-order valence-electron chi connectivity index (χ0n) is 10.5. The van der Waals surface area contributed by atoms with Gasteiger partial charge in [-0.05, 0) is 32.0 Å². The van der Waals surface area contributed by atoms with Crippen molar-refractivity contribution in [3.63, 3.8) is 0 Å². The summed E-state index contributed by atoms with van der Waals surface area (Å²) in [6.07, 6.45) is 0.0798. The average Bonchev–Trinajstić information content (AvgIpc) is 2.30. The van der Waals surface area contributed by atoms with E-state index in [9.17, 15) is 4.79 Å². The maximum atomic E-state index is 12.4. The summed E-state index contributed by atoms with van der Waals surface area (Å²) in [6, 6.07) is 4.95. The van der Waals surface area contributed by atoms with Crippen LogP contribution < -0.4 is 5.73 Å². The van der Waals surface area contributed by atoms with Crippen molar-refractivity contribution >= 4 is 23.2 Å². The molecule has 1 aliphatic rings. The van der Waals surface area contributed by atoms with E-state index in [1.54, 1.807) is 23.1 Å². The van der Waals surface area contributed by atoms with Crippen LogP contribution in [0, 0.1) is 0 Å². The van der Waals surface area contributed by atoms with Crippen LogP contribution in [0.15, 0.2) is 18.2 Å². The van der Waals surface area contributed by atoms with Gasteiger partial charge in [-0.15, -0.1) is 0 Å². The normalized spacial score (nSPS) is 24.1. The van der Waals surface area contributed by atoms with Crippen molar-refractivity contribution in [3.05, 3.63) is 28.8 Å². The second-order valence-corrected chi connectivity index (χ2v) is 5.14. The summed E-state index contributed by atoms with van der Waals surface area (Å²) in [6.45, 7) is 5.07. The average molecular weight is 269 g/mol. The number of rotatable bonds is 1. The second kappa shape index (κ2) is 5.16. The lowest BCUT2D eigenvalue weighted by molar-refractivity contribution is -0.0585. The van der Waals surface area contributed by atoms with E-state index in [4.69, 9.17) is 22.1 Å². The summed E-state index contributed by atoms with van der Waals surface area (Å²) in [5.41, 5.74) is 6.75. The molecular weight excluding hydrogens is 252 g/mol. The van der Waals surface area contributed by atoms with Crippen LogP contribution in [0.25, 0.3) is 0 Å². The van der Waals surface area contributed by atoms with Crippen LogP contribution in [0.4, 0.5) is 5.69 Å². The van der Waals surface area contributed by atoms with Gasteiger partial charge < -0.3 is 15.4 Å². The molecule has 2 N–H and O–H groups in total. The fourth-order valence-corrected chi connectivity index (χ4v) is 2.40. The molecule has 1 amide bonds. The van der Waals surface area contributed by atoms with Crippen LogP contribution in [-0.4, -0.2) is 36.1 Å². The number of amides is 1. The standard InChI is InChI=1S/C13H17ClN2O2/c1-8-6-16(7-9(2)18-8)13(17)11-5-10(14)3-4-12(11)15/h3-5,8-9H,6-7,15H2,1-2H3/t8-,9-/m1/s1. The first-order valence-corrected chi connectivity index (χ1v) is 6.35. The Morgan fingerprint density at radius 3 is 2.61 bits per heavy atom. The maximum absolute atomic E-state index is 12.4. The fourth-order valence-electron chi connectivity index (χ4n) is 2.23. The highest BCUT2D eigenvalue weighted by molar-refractivity contribution is 6.31. The van der Waals surface area contributed by atoms with Gasteiger partial charge in [-0.1, -0.05) is 11.6 Å². The third kappa shape index (κ3) is 2.76. The van der Waals surface area contributed by atoms with E-state index in [1.807, 2.05) is 13.8 Å². The van der Waals surface area contributed by atoms with Gasteiger partial charge in [0.05, 0.1) is 17.8 Å². The summed E-state index contributed by atoms with van der Waals surface area (Å²) in [7, 11) is 0. The van der Waals surface area contributed by atoms with E-state index in [-0.39, 0.29) is 18.1 Å². The fraction of sp³-hybridized carbons (Fsp3) is 0.462. The summed E-state index contributed by atoms with van der Waals surface area (Å²) < 4.78 is 5.61. The van der Waals surface area contributed by atoms with Gasteiger partial charge in [0.15, 0.2) is 0 Å². The van der Waals surface area contributed by atoms with E-state index in [2.05, 4.69) is 0 Å². The third-order valence-corrected chi connectivity index (χ3v) is 3.19. The predicted molar refractivity (Wildman–Crippen MR) is 71.8 cm³/mol. The molecule has 2 rings (SSSR count). The van der Waals surface area contributed by atoms with Gasteiger partial charge in [-0.3, -0.25) is 4.79 Å². The summed E-state index contributed by atoms with van der Waals surface area (Å²) >= 11 is 5.91. The van der Waals surface area contributed by atoms with Crippen molar-refractivity contribution in [1.82, 2.24) is 4.90 Å². The van der Waals surface area contributed by atoms with Crippen molar-refractivity contribution in [3.8, 4) is 0 Å². The summed E-state index contributed by atoms with van der Waals surface area (Å²) in [4.78, 5) is 14.2. The minimum Gasteiger partial charge on any atom is -0.398 e. The number of anilines is 1. The van der Waals surface area contributed by atoms with Crippen molar-refractivity contribution in [2.45, 2.75) is 26.1 Å². The number of ether oxygens (including phenoxy) is 1. The molecule has 0 aromatic heterocycles. The number of nitrogen functional groups attached to an aromatic ring is 1. The second-order valence-electron chi connectivity index (χ2n) is 4.70. The number of halogens is 1. The molecule has 1 heterocycles. The molecule has 0 aliphatic carbocycles. The first kappa shape index (κ1) is 13.2. The SMILES string of the molecule is C[C@@H]1CN(C(=O)c2cc(Cl)ccc2N)C[C@@H](C)O1. The Morgan fingerprint density at radius 1 is 1.39 bits per heavy atom. The molecule has 98 valence electrons. The number of carbonyl (C=O) groups excluding carboxylic acids is 1. The number of hydrogen-bond acceptors (Lipinski definition) is 3. The van der Waals surface area contributed by atoms with Crippen molar-refractivity contribution in [1.29, 1.82) is 0 Å². The number of hydrogen-bond donors (Lipinski definition) is 1. The van der Waals surface area contributed by atoms with Gasteiger partial charge in [-0.2, -0.15) is 0 Å². The zero-order chi connectivity index (χ0) is 13.3. The molecule has 0 spiro atoms. The summed E-state index contributed by atoms with van der Waals surface area (Å²) in [5.74, 6) is -0.0861. The maximum Gasteiger partial charge on any atom is 0.256 e. The Balaban J connectivity index is 2.22. The van der Waals surface area contributed by atoms with Crippen molar-refractivity contribution in [2.24, 2.45) is 0 Å². The number of nitrogens with two attached hydrogens (primary N) is 1. The van der Waals surface area contributed by atoms with Crippen LogP contribution in [0.5, 0.6) is 0 Å². The van der Waals surface area contributed by atoms with Crippen LogP contribution in [0.1, 0.15) is 24.2 Å². The summed E-state index contributed by atoms with van der Waals surface area (Å²) in [5, 5.41) is 0.516. The van der Waals surface area contributed by atoms with Crippen LogP contribution in [0.3, 0.4) is 0 Å². The Labute approximate surface area is 112 Å². The zero-order valence-corrected chi connectivity index (χ0v) is 11.3. The van der Waals surface area contributed by atoms with Gasteiger partial charge in [0.25, 0.3) is 5.91 Å². The van der Waals surface area contributed by atoms with Gasteiger partial charge in [0.2, 0.25) is 0 Å². The minimum absolute atomic E-state index is 0.0399. The molecule has 1 saturated heterocycles. The van der Waals surface area contributed by atoms with E-state index in [0.29, 0.717) is 29.4 Å². The monoisotopic (exact) mass is 268 g/mol. The number of carbonyl (C=O) groups is 1. The smallest absolute Gasteiger partial charge is 0.256 e. The lowest BCUT2D eigenvalue weighted by Gasteiger charge is -2.35. The molecule has 1 aromatic carbocycles. The number of nitrogens with zero attached hydrogens (tertiary/aromatic N) is 1. The molecule has 18 heavy (non-hydrogen) atoms. The molecule has 0 saturated carbocycles. The Morgan fingerprint density at radius 2 is 2.00 bits per heavy atom. The molecule has 5 heteroatoms. The first-order chi connectivity index (χ1) is 8.47. The Hall–Kier alpha value is -1.26. The number of morpholine rings is 1. The third-order valence-electron chi connectivity index (χ3n) is 2.95. The van der Waals surface area contributed by atoms with Crippen molar-refractivity contribution < 1.29 is 9.53 Å². The minimum atomic E-state index is -0.0861. The highest BCUT2D eigenvalue weighted by atomic mass is 35.5. The highest BCUT2D eigenvalue weighted by Crippen LogP contribution is 2.21. The topological polar surface area (TPSA) is 55.6 Å². The van der Waals surface area contributed by atoms with E-state index in [0.717, 1.165) is 0 Å². The highest BCUT2D eigenvalue weighted by Gasteiger charge is 2.27. The molecule has 0 radical (unpaired) electrons. The Bertz CT molecular complexity index is 454. The van der Waals surface area contributed by atoms with Crippen LogP contribution in [-0.2, 0) is 4.74 Å². The largest absolute Gasteiger partial charge is 0.398 e. The lowest BCUT2D eigenvalue weighted by atomic mass is 10.1. The van der Waals surface area contributed by atoms with Gasteiger partial charge in [0, 0.05) is 23.8 Å². The lowest BCUT2D eigenvalue weighted by Crippen LogP contribution is -2.48.